The molecule has 1 aliphatic heterocycles. The van der Waals surface area contributed by atoms with Gasteiger partial charge in [0, 0.05) is 6.54 Å². The SMILES string of the molecule is CCC1(C)NC(=O)CN(CC2(C)CC2)C1=O. The first-order chi connectivity index (χ1) is 7.38. The van der Waals surface area contributed by atoms with E-state index in [1.165, 1.54) is 12.8 Å². The Balaban J connectivity index is 2.12. The van der Waals surface area contributed by atoms with Crippen molar-refractivity contribution in [2.24, 2.45) is 5.41 Å². The molecule has 0 aromatic carbocycles. The normalized spacial score (nSPS) is 32.6. The number of piperazine rings is 1. The summed E-state index contributed by atoms with van der Waals surface area (Å²) in [4.78, 5) is 25.6. The third-order valence-electron chi connectivity index (χ3n) is 3.89. The van der Waals surface area contributed by atoms with Crippen molar-refractivity contribution < 1.29 is 9.59 Å². The zero-order valence-corrected chi connectivity index (χ0v) is 10.3. The second kappa shape index (κ2) is 3.47. The summed E-state index contributed by atoms with van der Waals surface area (Å²) in [6.45, 7) is 6.88. The van der Waals surface area contributed by atoms with Crippen LogP contribution in [0.25, 0.3) is 0 Å². The van der Waals surface area contributed by atoms with E-state index in [1.807, 2.05) is 13.8 Å². The van der Waals surface area contributed by atoms with Crippen molar-refractivity contribution in [3.63, 3.8) is 0 Å². The number of carbonyl (C=O) groups excluding carboxylic acids is 2. The summed E-state index contributed by atoms with van der Waals surface area (Å²) in [5.74, 6) is 0.0379. The average Bonchev–Trinajstić information content (AvgIpc) is 2.92. The van der Waals surface area contributed by atoms with Crippen LogP contribution in [0.15, 0.2) is 0 Å². The van der Waals surface area contributed by atoms with E-state index in [-0.39, 0.29) is 23.8 Å². The van der Waals surface area contributed by atoms with Crippen LogP contribution in [0.1, 0.15) is 40.0 Å². The number of amides is 2. The van der Waals surface area contributed by atoms with Gasteiger partial charge in [-0.3, -0.25) is 9.59 Å². The Kier molecular flexibility index (Phi) is 2.48. The van der Waals surface area contributed by atoms with Crippen molar-refractivity contribution in [1.29, 1.82) is 0 Å². The van der Waals surface area contributed by atoms with E-state index in [0.29, 0.717) is 6.42 Å². The molecule has 2 amide bonds. The Morgan fingerprint density at radius 2 is 1.94 bits per heavy atom. The third-order valence-corrected chi connectivity index (χ3v) is 3.89. The van der Waals surface area contributed by atoms with E-state index < -0.39 is 5.54 Å². The van der Waals surface area contributed by atoms with Crippen LogP contribution in [0.3, 0.4) is 0 Å². The van der Waals surface area contributed by atoms with E-state index >= 15 is 0 Å². The molecule has 0 radical (unpaired) electrons. The molecule has 1 unspecified atom stereocenters. The van der Waals surface area contributed by atoms with Crippen molar-refractivity contribution in [2.75, 3.05) is 13.1 Å². The fourth-order valence-electron chi connectivity index (χ4n) is 2.19. The summed E-state index contributed by atoms with van der Waals surface area (Å²) < 4.78 is 0. The van der Waals surface area contributed by atoms with Crippen molar-refractivity contribution in [2.45, 2.75) is 45.6 Å². The van der Waals surface area contributed by atoms with Crippen LogP contribution in [0, 0.1) is 5.41 Å². The first-order valence-electron chi connectivity index (χ1n) is 5.99. The molecule has 1 aliphatic carbocycles. The first kappa shape index (κ1) is 11.4. The van der Waals surface area contributed by atoms with E-state index in [0.717, 1.165) is 6.54 Å². The van der Waals surface area contributed by atoms with Crippen LogP contribution in [0.4, 0.5) is 0 Å². The number of hydrogen-bond donors (Lipinski definition) is 1. The van der Waals surface area contributed by atoms with E-state index in [9.17, 15) is 9.59 Å². The van der Waals surface area contributed by atoms with Crippen molar-refractivity contribution in [3.8, 4) is 0 Å². The maximum Gasteiger partial charge on any atom is 0.248 e. The van der Waals surface area contributed by atoms with Gasteiger partial charge >= 0.3 is 0 Å². The second-order valence-corrected chi connectivity index (χ2v) is 5.71. The number of rotatable bonds is 3. The van der Waals surface area contributed by atoms with Gasteiger partial charge in [0.2, 0.25) is 11.8 Å². The van der Waals surface area contributed by atoms with Crippen LogP contribution in [0.2, 0.25) is 0 Å². The minimum atomic E-state index is -0.694. The maximum absolute atomic E-state index is 12.2. The van der Waals surface area contributed by atoms with E-state index in [2.05, 4.69) is 12.2 Å². The van der Waals surface area contributed by atoms with Gasteiger partial charge in [0.15, 0.2) is 0 Å². The highest BCUT2D eigenvalue weighted by atomic mass is 16.2. The molecule has 0 aromatic rings. The molecule has 0 spiro atoms. The highest BCUT2D eigenvalue weighted by Gasteiger charge is 2.46. The predicted octanol–water partition coefficient (Wildman–Crippen LogP) is 0.914. The summed E-state index contributed by atoms with van der Waals surface area (Å²) in [6.07, 6.45) is 2.98. The zero-order valence-electron chi connectivity index (χ0n) is 10.3. The molecule has 1 heterocycles. The lowest BCUT2D eigenvalue weighted by molar-refractivity contribution is -0.150. The lowest BCUT2D eigenvalue weighted by Crippen LogP contribution is -2.65. The molecule has 0 bridgehead atoms. The lowest BCUT2D eigenvalue weighted by atomic mass is 9.93. The van der Waals surface area contributed by atoms with Crippen molar-refractivity contribution in [3.05, 3.63) is 0 Å². The molecule has 2 rings (SSSR count). The minimum absolute atomic E-state index is 0.0341. The summed E-state index contributed by atoms with van der Waals surface area (Å²) in [5.41, 5.74) is -0.428. The Bertz CT molecular complexity index is 336. The average molecular weight is 224 g/mol. The molecule has 90 valence electrons. The van der Waals surface area contributed by atoms with Crippen LogP contribution in [-0.2, 0) is 9.59 Å². The molecular weight excluding hydrogens is 204 g/mol. The molecule has 0 aromatic heterocycles. The molecule has 16 heavy (non-hydrogen) atoms. The number of nitrogens with zero attached hydrogens (tertiary/aromatic N) is 1. The van der Waals surface area contributed by atoms with Gasteiger partial charge in [0.1, 0.15) is 5.54 Å². The van der Waals surface area contributed by atoms with E-state index in [1.54, 1.807) is 4.90 Å². The maximum atomic E-state index is 12.2. The van der Waals surface area contributed by atoms with Crippen LogP contribution < -0.4 is 5.32 Å². The molecule has 4 heteroatoms. The largest absolute Gasteiger partial charge is 0.340 e. The topological polar surface area (TPSA) is 49.4 Å². The standard InChI is InChI=1S/C12H20N2O2/c1-4-12(3)10(16)14(7-9(15)13-12)8-11(2)5-6-11/h4-8H2,1-3H3,(H,13,15). The Hall–Kier alpha value is -1.06. The van der Waals surface area contributed by atoms with Crippen LogP contribution >= 0.6 is 0 Å². The third kappa shape index (κ3) is 1.93. The summed E-state index contributed by atoms with van der Waals surface area (Å²) in [6, 6.07) is 0. The fourth-order valence-corrected chi connectivity index (χ4v) is 2.19. The second-order valence-electron chi connectivity index (χ2n) is 5.71. The summed E-state index contributed by atoms with van der Waals surface area (Å²) in [5, 5.41) is 2.80. The molecule has 1 atom stereocenters. The monoisotopic (exact) mass is 224 g/mol. The Morgan fingerprint density at radius 3 is 2.44 bits per heavy atom. The number of nitrogens with one attached hydrogen (secondary N) is 1. The fraction of sp³-hybridized carbons (Fsp3) is 0.833. The molecule has 1 N–H and O–H groups in total. The van der Waals surface area contributed by atoms with Gasteiger partial charge in [-0.15, -0.1) is 0 Å². The van der Waals surface area contributed by atoms with Gasteiger partial charge in [-0.1, -0.05) is 13.8 Å². The van der Waals surface area contributed by atoms with Gasteiger partial charge in [-0.2, -0.15) is 0 Å². The number of hydrogen-bond acceptors (Lipinski definition) is 2. The summed E-state index contributed by atoms with van der Waals surface area (Å²) in [7, 11) is 0. The highest BCUT2D eigenvalue weighted by molar-refractivity contribution is 5.97. The molecule has 4 nitrogen and oxygen atoms in total. The van der Waals surface area contributed by atoms with Crippen LogP contribution in [-0.4, -0.2) is 35.3 Å². The molecular formula is C12H20N2O2. The zero-order chi connectivity index (χ0) is 12.0. The first-order valence-corrected chi connectivity index (χ1v) is 5.99. The predicted molar refractivity (Wildman–Crippen MR) is 60.8 cm³/mol. The lowest BCUT2D eigenvalue weighted by Gasteiger charge is -2.40. The molecule has 2 fully saturated rings. The molecule has 1 saturated heterocycles. The van der Waals surface area contributed by atoms with E-state index in [4.69, 9.17) is 0 Å². The summed E-state index contributed by atoms with van der Waals surface area (Å²) >= 11 is 0. The smallest absolute Gasteiger partial charge is 0.248 e. The van der Waals surface area contributed by atoms with Crippen molar-refractivity contribution in [1.82, 2.24) is 10.2 Å². The Labute approximate surface area is 96.4 Å². The molecule has 1 saturated carbocycles. The minimum Gasteiger partial charge on any atom is -0.340 e. The quantitative estimate of drug-likeness (QED) is 0.774. The van der Waals surface area contributed by atoms with Gasteiger partial charge in [-0.25, -0.2) is 0 Å². The Morgan fingerprint density at radius 1 is 1.31 bits per heavy atom. The van der Waals surface area contributed by atoms with Crippen molar-refractivity contribution >= 4 is 11.8 Å². The number of carbonyl (C=O) groups is 2. The van der Waals surface area contributed by atoms with Gasteiger partial charge in [0.25, 0.3) is 0 Å². The van der Waals surface area contributed by atoms with Gasteiger partial charge < -0.3 is 10.2 Å². The molecule has 2 aliphatic rings. The van der Waals surface area contributed by atoms with Gasteiger partial charge in [-0.05, 0) is 31.6 Å². The van der Waals surface area contributed by atoms with Gasteiger partial charge in [0.05, 0.1) is 6.54 Å². The highest BCUT2D eigenvalue weighted by Crippen LogP contribution is 2.45. The van der Waals surface area contributed by atoms with Crippen LogP contribution in [0.5, 0.6) is 0 Å².